The number of thiocarbonyl (C=S) groups is 1. The van der Waals surface area contributed by atoms with Crippen LogP contribution in [0.5, 0.6) is 11.5 Å². The fourth-order valence-corrected chi connectivity index (χ4v) is 3.05. The Kier molecular flexibility index (Phi) is 7.98. The lowest BCUT2D eigenvalue weighted by Gasteiger charge is -2.15. The fourth-order valence-electron chi connectivity index (χ4n) is 2.29. The van der Waals surface area contributed by atoms with Crippen molar-refractivity contribution < 1.29 is 19.1 Å². The Morgan fingerprint density at radius 3 is 2.28 bits per heavy atom. The zero-order chi connectivity index (χ0) is 21.6. The molecule has 0 spiro atoms. The topological polar surface area (TPSA) is 88.7 Å². The van der Waals surface area contributed by atoms with Gasteiger partial charge in [-0.25, -0.2) is 0 Å². The largest absolute Gasteiger partial charge is 0.496 e. The number of amides is 2. The Labute approximate surface area is 183 Å². The van der Waals surface area contributed by atoms with Gasteiger partial charge in [0.1, 0.15) is 11.5 Å². The van der Waals surface area contributed by atoms with Gasteiger partial charge in [-0.1, -0.05) is 13.8 Å². The minimum absolute atomic E-state index is 0.113. The third-order valence-electron chi connectivity index (χ3n) is 3.88. The molecule has 0 fully saturated rings. The van der Waals surface area contributed by atoms with Gasteiger partial charge in [-0.05, 0) is 58.5 Å². The summed E-state index contributed by atoms with van der Waals surface area (Å²) in [4.78, 5) is 24.3. The lowest BCUT2D eigenvalue weighted by Crippen LogP contribution is -2.34. The number of methoxy groups -OCH3 is 2. The number of benzene rings is 2. The molecule has 0 heterocycles. The van der Waals surface area contributed by atoms with Crippen molar-refractivity contribution in [3.63, 3.8) is 0 Å². The van der Waals surface area contributed by atoms with Crippen molar-refractivity contribution in [3.8, 4) is 11.5 Å². The van der Waals surface area contributed by atoms with Crippen LogP contribution in [0.4, 0.5) is 11.4 Å². The summed E-state index contributed by atoms with van der Waals surface area (Å²) < 4.78 is 11.1. The van der Waals surface area contributed by atoms with E-state index in [4.69, 9.17) is 21.7 Å². The highest BCUT2D eigenvalue weighted by molar-refractivity contribution is 9.10. The van der Waals surface area contributed by atoms with Crippen LogP contribution in [0.1, 0.15) is 24.2 Å². The van der Waals surface area contributed by atoms with Crippen LogP contribution < -0.4 is 25.4 Å². The molecule has 2 amide bonds. The lowest BCUT2D eigenvalue weighted by molar-refractivity contribution is -0.118. The van der Waals surface area contributed by atoms with E-state index in [1.807, 2.05) is 0 Å². The normalized spacial score (nSPS) is 10.3. The predicted molar refractivity (Wildman–Crippen MR) is 121 cm³/mol. The van der Waals surface area contributed by atoms with Crippen molar-refractivity contribution in [1.29, 1.82) is 0 Å². The van der Waals surface area contributed by atoms with Crippen molar-refractivity contribution in [3.05, 3.63) is 46.4 Å². The highest BCUT2D eigenvalue weighted by atomic mass is 79.9. The highest BCUT2D eigenvalue weighted by Crippen LogP contribution is 2.28. The summed E-state index contributed by atoms with van der Waals surface area (Å²) in [5.41, 5.74) is 1.58. The Bertz CT molecular complexity index is 934. The number of anilines is 2. The molecule has 9 heteroatoms. The molecule has 0 saturated carbocycles. The average Bonchev–Trinajstić information content (AvgIpc) is 2.68. The Hall–Kier alpha value is -2.65. The van der Waals surface area contributed by atoms with Gasteiger partial charge >= 0.3 is 0 Å². The van der Waals surface area contributed by atoms with E-state index in [1.54, 1.807) is 57.4 Å². The number of carbonyl (C=O) groups is 2. The van der Waals surface area contributed by atoms with Crippen molar-refractivity contribution in [2.24, 2.45) is 5.92 Å². The number of carbonyl (C=O) groups excluding carboxylic acids is 2. The average molecular weight is 480 g/mol. The Morgan fingerprint density at radius 2 is 1.69 bits per heavy atom. The molecule has 0 aromatic heterocycles. The molecule has 29 heavy (non-hydrogen) atoms. The maximum Gasteiger partial charge on any atom is 0.257 e. The van der Waals surface area contributed by atoms with Crippen LogP contribution in [0.15, 0.2) is 40.9 Å². The van der Waals surface area contributed by atoms with Crippen molar-refractivity contribution in [2.45, 2.75) is 13.8 Å². The smallest absolute Gasteiger partial charge is 0.257 e. The van der Waals surface area contributed by atoms with E-state index in [9.17, 15) is 9.59 Å². The Balaban J connectivity index is 2.05. The van der Waals surface area contributed by atoms with Gasteiger partial charge in [-0.15, -0.1) is 0 Å². The lowest BCUT2D eigenvalue weighted by atomic mass is 10.2. The molecule has 0 aliphatic carbocycles. The summed E-state index contributed by atoms with van der Waals surface area (Å²) >= 11 is 8.57. The van der Waals surface area contributed by atoms with Gasteiger partial charge in [0.15, 0.2) is 5.11 Å². The molecule has 7 nitrogen and oxygen atoms in total. The molecule has 2 aromatic carbocycles. The predicted octanol–water partition coefficient (Wildman–Crippen LogP) is 4.19. The van der Waals surface area contributed by atoms with Gasteiger partial charge in [0.05, 0.1) is 24.4 Å². The summed E-state index contributed by atoms with van der Waals surface area (Å²) in [7, 11) is 3.05. The zero-order valence-corrected chi connectivity index (χ0v) is 18.9. The first-order valence-corrected chi connectivity index (χ1v) is 9.90. The second-order valence-electron chi connectivity index (χ2n) is 6.32. The second-order valence-corrected chi connectivity index (χ2v) is 7.58. The fraction of sp³-hybridized carbons (Fsp3) is 0.250. The van der Waals surface area contributed by atoms with Crippen molar-refractivity contribution in [1.82, 2.24) is 5.32 Å². The van der Waals surface area contributed by atoms with E-state index in [0.717, 1.165) is 0 Å². The van der Waals surface area contributed by atoms with Gasteiger partial charge in [0, 0.05) is 23.2 Å². The summed E-state index contributed by atoms with van der Waals surface area (Å²) in [6.45, 7) is 3.61. The second kappa shape index (κ2) is 10.2. The van der Waals surface area contributed by atoms with Gasteiger partial charge in [0.2, 0.25) is 5.91 Å². The highest BCUT2D eigenvalue weighted by Gasteiger charge is 2.13. The molecule has 0 aliphatic rings. The van der Waals surface area contributed by atoms with Crippen LogP contribution in [0, 0.1) is 5.92 Å². The van der Waals surface area contributed by atoms with E-state index in [1.165, 1.54) is 7.11 Å². The summed E-state index contributed by atoms with van der Waals surface area (Å²) in [6.07, 6.45) is 0. The third kappa shape index (κ3) is 6.16. The standard InChI is InChI=1S/C20H22BrN3O4S/c1-11(2)18(25)23-15-7-6-13(10-17(15)28-4)22-20(29)24-19(26)12-5-8-16(27-3)14(21)9-12/h5-11H,1-4H3,(H,23,25)(H2,22,24,26,29). The Morgan fingerprint density at radius 1 is 1.00 bits per heavy atom. The van der Waals surface area contributed by atoms with Crippen LogP contribution in [-0.4, -0.2) is 31.1 Å². The molecule has 154 valence electrons. The maximum atomic E-state index is 12.4. The van der Waals surface area contributed by atoms with Crippen molar-refractivity contribution >= 4 is 56.4 Å². The molecule has 2 rings (SSSR count). The minimum atomic E-state index is -0.362. The van der Waals surface area contributed by atoms with Crippen LogP contribution in [0.25, 0.3) is 0 Å². The van der Waals surface area contributed by atoms with Gasteiger partial charge in [0.25, 0.3) is 5.91 Å². The maximum absolute atomic E-state index is 12.4. The van der Waals surface area contributed by atoms with Crippen LogP contribution in [0.2, 0.25) is 0 Å². The van der Waals surface area contributed by atoms with Gasteiger partial charge in [-0.2, -0.15) is 0 Å². The third-order valence-corrected chi connectivity index (χ3v) is 4.71. The monoisotopic (exact) mass is 479 g/mol. The van der Waals surface area contributed by atoms with Gasteiger partial charge in [-0.3, -0.25) is 14.9 Å². The summed E-state index contributed by atoms with van der Waals surface area (Å²) in [6, 6.07) is 10.1. The number of nitrogens with one attached hydrogen (secondary N) is 3. The van der Waals surface area contributed by atoms with Crippen molar-refractivity contribution in [2.75, 3.05) is 24.9 Å². The van der Waals surface area contributed by atoms with E-state index in [0.29, 0.717) is 32.9 Å². The summed E-state index contributed by atoms with van der Waals surface area (Å²) in [5, 5.41) is 8.47. The molecule has 0 bridgehead atoms. The summed E-state index contributed by atoms with van der Waals surface area (Å²) in [5.74, 6) is 0.463. The molecule has 0 radical (unpaired) electrons. The first-order valence-electron chi connectivity index (χ1n) is 8.70. The first-order chi connectivity index (χ1) is 13.7. The molecule has 0 atom stereocenters. The minimum Gasteiger partial charge on any atom is -0.496 e. The SMILES string of the molecule is COc1ccc(C(=O)NC(=S)Nc2ccc(NC(=O)C(C)C)c(OC)c2)cc1Br. The zero-order valence-electron chi connectivity index (χ0n) is 16.5. The van der Waals surface area contributed by atoms with E-state index < -0.39 is 0 Å². The van der Waals surface area contributed by atoms with Crippen LogP contribution in [0.3, 0.4) is 0 Å². The van der Waals surface area contributed by atoms with E-state index >= 15 is 0 Å². The number of ether oxygens (including phenoxy) is 2. The van der Waals surface area contributed by atoms with Crippen LogP contribution >= 0.6 is 28.1 Å². The number of rotatable bonds is 6. The molecule has 2 aromatic rings. The van der Waals surface area contributed by atoms with E-state index in [2.05, 4.69) is 31.9 Å². The first kappa shape index (κ1) is 22.6. The van der Waals surface area contributed by atoms with Crippen LogP contribution in [-0.2, 0) is 4.79 Å². The quantitative estimate of drug-likeness (QED) is 0.538. The molecular weight excluding hydrogens is 458 g/mol. The number of halogens is 1. The molecule has 3 N–H and O–H groups in total. The number of hydrogen-bond donors (Lipinski definition) is 3. The van der Waals surface area contributed by atoms with E-state index in [-0.39, 0.29) is 22.8 Å². The van der Waals surface area contributed by atoms with Gasteiger partial charge < -0.3 is 20.1 Å². The molecule has 0 saturated heterocycles. The molecule has 0 unspecified atom stereocenters. The number of hydrogen-bond acceptors (Lipinski definition) is 5. The molecular formula is C20H22BrN3O4S. The molecule has 0 aliphatic heterocycles.